The van der Waals surface area contributed by atoms with Crippen molar-refractivity contribution >= 4 is 23.5 Å². The van der Waals surface area contributed by atoms with E-state index in [0.29, 0.717) is 23.1 Å². The summed E-state index contributed by atoms with van der Waals surface area (Å²) < 4.78 is 5.64. The molecule has 4 fully saturated rings. The lowest BCUT2D eigenvalue weighted by atomic mass is 9.81. The lowest BCUT2D eigenvalue weighted by Gasteiger charge is -2.22. The fourth-order valence-electron chi connectivity index (χ4n) is 5.84. The van der Waals surface area contributed by atoms with Gasteiger partial charge in [0.2, 0.25) is 11.8 Å². The van der Waals surface area contributed by atoms with Crippen LogP contribution in [0.1, 0.15) is 61.7 Å². The molecule has 0 aromatic heterocycles. The summed E-state index contributed by atoms with van der Waals surface area (Å²) in [7, 11) is 0. The van der Waals surface area contributed by atoms with Crippen molar-refractivity contribution in [3.8, 4) is 0 Å². The normalized spacial score (nSPS) is 32.8. The number of amides is 2. The van der Waals surface area contributed by atoms with Crippen molar-refractivity contribution in [2.75, 3.05) is 4.90 Å². The third kappa shape index (κ3) is 2.70. The highest BCUT2D eigenvalue weighted by Crippen LogP contribution is 2.56. The van der Waals surface area contributed by atoms with E-state index in [2.05, 4.69) is 0 Å². The Morgan fingerprint density at radius 3 is 2.26 bits per heavy atom. The minimum atomic E-state index is -0.358. The Morgan fingerprint density at radius 2 is 1.59 bits per heavy atom. The number of hydrogen-bond acceptors (Lipinski definition) is 4. The van der Waals surface area contributed by atoms with Crippen LogP contribution in [-0.2, 0) is 14.3 Å². The minimum absolute atomic E-state index is 0.0139. The number of imide groups is 1. The Balaban J connectivity index is 1.37. The molecule has 3 aliphatic carbocycles. The predicted octanol–water partition coefficient (Wildman–Crippen LogP) is 3.71. The number of rotatable bonds is 3. The first-order chi connectivity index (χ1) is 13.1. The number of hydrogen-bond donors (Lipinski definition) is 0. The largest absolute Gasteiger partial charge is 0.459 e. The molecule has 27 heavy (non-hydrogen) atoms. The Morgan fingerprint density at radius 1 is 0.926 bits per heavy atom. The summed E-state index contributed by atoms with van der Waals surface area (Å²) in [6.45, 7) is 0. The van der Waals surface area contributed by atoms with Gasteiger partial charge < -0.3 is 4.74 Å². The van der Waals surface area contributed by atoms with Crippen molar-refractivity contribution < 1.29 is 19.1 Å². The van der Waals surface area contributed by atoms with Crippen molar-refractivity contribution in [2.45, 2.75) is 57.5 Å². The van der Waals surface area contributed by atoms with Crippen LogP contribution in [-0.4, -0.2) is 23.9 Å². The van der Waals surface area contributed by atoms with Crippen LogP contribution in [0.4, 0.5) is 5.69 Å². The highest BCUT2D eigenvalue weighted by molar-refractivity contribution is 6.22. The van der Waals surface area contributed by atoms with Crippen molar-refractivity contribution in [1.29, 1.82) is 0 Å². The molecule has 5 heteroatoms. The van der Waals surface area contributed by atoms with Crippen molar-refractivity contribution in [1.82, 2.24) is 0 Å². The van der Waals surface area contributed by atoms with Crippen molar-refractivity contribution in [2.24, 2.45) is 23.7 Å². The first-order valence-electron chi connectivity index (χ1n) is 10.3. The van der Waals surface area contributed by atoms with Gasteiger partial charge in [-0.25, -0.2) is 4.79 Å². The molecule has 1 heterocycles. The molecule has 0 unspecified atom stereocenters. The van der Waals surface area contributed by atoms with Gasteiger partial charge in [0.1, 0.15) is 6.10 Å². The molecule has 5 rings (SSSR count). The van der Waals surface area contributed by atoms with Crippen LogP contribution in [0.3, 0.4) is 0 Å². The van der Waals surface area contributed by atoms with Gasteiger partial charge in [-0.1, -0.05) is 12.5 Å². The van der Waals surface area contributed by atoms with Gasteiger partial charge in [0, 0.05) is 0 Å². The average molecular weight is 367 g/mol. The van der Waals surface area contributed by atoms with Gasteiger partial charge >= 0.3 is 5.97 Å². The molecule has 4 atom stereocenters. The monoisotopic (exact) mass is 367 g/mol. The number of carbonyl (C=O) groups is 3. The van der Waals surface area contributed by atoms with E-state index in [1.54, 1.807) is 24.3 Å². The summed E-state index contributed by atoms with van der Waals surface area (Å²) in [5, 5.41) is 0. The lowest BCUT2D eigenvalue weighted by Crippen LogP contribution is -2.33. The second kappa shape index (κ2) is 6.47. The average Bonchev–Trinajstić information content (AvgIpc) is 3.36. The molecule has 5 nitrogen and oxygen atoms in total. The van der Waals surface area contributed by atoms with E-state index in [-0.39, 0.29) is 35.7 Å². The zero-order valence-corrected chi connectivity index (χ0v) is 15.4. The second-order valence-electron chi connectivity index (χ2n) is 8.61. The number of fused-ring (bicyclic) bond motifs is 5. The first kappa shape index (κ1) is 17.0. The zero-order chi connectivity index (χ0) is 18.5. The number of anilines is 1. The molecule has 0 spiro atoms. The number of ether oxygens (including phenoxy) is 1. The minimum Gasteiger partial charge on any atom is -0.459 e. The van der Waals surface area contributed by atoms with Gasteiger partial charge in [0.05, 0.1) is 23.1 Å². The molecule has 1 aliphatic heterocycles. The lowest BCUT2D eigenvalue weighted by molar-refractivity contribution is -0.123. The maximum atomic E-state index is 13.0. The van der Waals surface area contributed by atoms with Gasteiger partial charge in [-0.3, -0.25) is 14.5 Å². The topological polar surface area (TPSA) is 63.7 Å². The molecule has 4 aliphatic rings. The Hall–Kier alpha value is -2.17. The zero-order valence-electron chi connectivity index (χ0n) is 15.4. The number of nitrogens with zero attached hydrogens (tertiary/aromatic N) is 1. The van der Waals surface area contributed by atoms with Crippen molar-refractivity contribution in [3.63, 3.8) is 0 Å². The van der Waals surface area contributed by atoms with Gasteiger partial charge in [-0.15, -0.1) is 0 Å². The summed E-state index contributed by atoms with van der Waals surface area (Å²) in [6, 6.07) is 6.82. The molecular formula is C22H25NO4. The smallest absolute Gasteiger partial charge is 0.338 e. The number of carbonyl (C=O) groups excluding carboxylic acids is 3. The quantitative estimate of drug-likeness (QED) is 0.603. The van der Waals surface area contributed by atoms with E-state index < -0.39 is 0 Å². The summed E-state index contributed by atoms with van der Waals surface area (Å²) in [5.41, 5.74) is 0.926. The summed E-state index contributed by atoms with van der Waals surface area (Å²) in [6.07, 6.45) is 8.36. The second-order valence-corrected chi connectivity index (χ2v) is 8.61. The molecule has 0 N–H and O–H groups in total. The highest BCUT2D eigenvalue weighted by atomic mass is 16.5. The first-order valence-corrected chi connectivity index (χ1v) is 10.3. The molecule has 142 valence electrons. The molecule has 3 saturated carbocycles. The van der Waals surface area contributed by atoms with Crippen LogP contribution in [0, 0.1) is 23.7 Å². The fourth-order valence-corrected chi connectivity index (χ4v) is 5.84. The van der Waals surface area contributed by atoms with Gasteiger partial charge in [-0.2, -0.15) is 0 Å². The van der Waals surface area contributed by atoms with E-state index in [1.165, 1.54) is 11.3 Å². The van der Waals surface area contributed by atoms with E-state index >= 15 is 0 Å². The van der Waals surface area contributed by atoms with Gasteiger partial charge in [0.15, 0.2) is 0 Å². The summed E-state index contributed by atoms with van der Waals surface area (Å²) in [5.74, 6) is -0.0712. The van der Waals surface area contributed by atoms with Gasteiger partial charge in [-0.05, 0) is 75.0 Å². The molecule has 1 saturated heterocycles. The van der Waals surface area contributed by atoms with Crippen LogP contribution in [0.2, 0.25) is 0 Å². The number of benzene rings is 1. The van der Waals surface area contributed by atoms with E-state index in [0.717, 1.165) is 44.9 Å². The van der Waals surface area contributed by atoms with Crippen LogP contribution < -0.4 is 4.90 Å². The van der Waals surface area contributed by atoms with Gasteiger partial charge in [0.25, 0.3) is 0 Å². The Kier molecular flexibility index (Phi) is 4.06. The summed E-state index contributed by atoms with van der Waals surface area (Å²) in [4.78, 5) is 39.8. The van der Waals surface area contributed by atoms with Crippen LogP contribution in [0.25, 0.3) is 0 Å². The van der Waals surface area contributed by atoms with Crippen LogP contribution in [0.15, 0.2) is 24.3 Å². The number of esters is 1. The molecule has 1 aromatic carbocycles. The van der Waals surface area contributed by atoms with Crippen LogP contribution >= 0.6 is 0 Å². The maximum Gasteiger partial charge on any atom is 0.338 e. The summed E-state index contributed by atoms with van der Waals surface area (Å²) >= 11 is 0. The van der Waals surface area contributed by atoms with E-state index in [4.69, 9.17) is 4.74 Å². The van der Waals surface area contributed by atoms with Crippen molar-refractivity contribution in [3.05, 3.63) is 29.8 Å². The highest BCUT2D eigenvalue weighted by Gasteiger charge is 2.61. The SMILES string of the molecule is O=C(OC1CCCCC1)c1cccc(N2C(=O)[C@H]3[C@@H]4CC[C@@H](C4)[C@@H]3C2=O)c1. The molecule has 2 amide bonds. The maximum absolute atomic E-state index is 13.0. The van der Waals surface area contributed by atoms with E-state index in [1.807, 2.05) is 0 Å². The molecule has 0 radical (unpaired) electrons. The third-order valence-corrected chi connectivity index (χ3v) is 7.09. The van der Waals surface area contributed by atoms with Crippen LogP contribution in [0.5, 0.6) is 0 Å². The molecule has 2 bridgehead atoms. The predicted molar refractivity (Wildman–Crippen MR) is 99.0 cm³/mol. The Bertz CT molecular complexity index is 769. The molecular weight excluding hydrogens is 342 g/mol. The fraction of sp³-hybridized carbons (Fsp3) is 0.591. The third-order valence-electron chi connectivity index (χ3n) is 7.09. The molecule has 1 aromatic rings. The standard InChI is InChI=1S/C22H25NO4/c24-20-18-13-9-10-14(11-13)19(18)21(25)23(20)16-6-4-5-15(12-16)22(26)27-17-7-2-1-3-8-17/h4-6,12-14,17-19H,1-3,7-11H2/t13-,14+,18-,19-/m0/s1. The van der Waals surface area contributed by atoms with E-state index in [9.17, 15) is 14.4 Å². The Labute approximate surface area is 159 Å².